The van der Waals surface area contributed by atoms with Crippen molar-refractivity contribution in [1.82, 2.24) is 4.57 Å². The molecule has 1 unspecified atom stereocenters. The minimum absolute atomic E-state index is 0.0493. The molecule has 1 aromatic rings. The summed E-state index contributed by atoms with van der Waals surface area (Å²) in [5, 5.41) is 9.17. The van der Waals surface area contributed by atoms with E-state index >= 15 is 0 Å². The Bertz CT molecular complexity index is 340. The number of hydrogen-bond acceptors (Lipinski definition) is 2. The van der Waals surface area contributed by atoms with Crippen LogP contribution in [0.4, 0.5) is 0 Å². The predicted octanol–water partition coefficient (Wildman–Crippen LogP) is 1.24. The molecule has 0 bridgehead atoms. The molecule has 1 aromatic heterocycles. The van der Waals surface area contributed by atoms with Crippen LogP contribution in [0.2, 0.25) is 0 Å². The maximum atomic E-state index is 11.1. The van der Waals surface area contributed by atoms with Crippen molar-refractivity contribution in [2.45, 2.75) is 39.8 Å². The summed E-state index contributed by atoms with van der Waals surface area (Å²) in [5.74, 6) is 0. The average Bonchev–Trinajstić information content (AvgIpc) is 2.01. The van der Waals surface area contributed by atoms with Crippen LogP contribution < -0.4 is 5.43 Å². The molecule has 0 aromatic carbocycles. The quantitative estimate of drug-likeness (QED) is 0.788. The Labute approximate surface area is 84.0 Å². The van der Waals surface area contributed by atoms with E-state index < -0.39 is 0 Å². The molecule has 3 nitrogen and oxygen atoms in total. The molecule has 1 heterocycles. The van der Waals surface area contributed by atoms with Crippen LogP contribution in [-0.2, 0) is 6.54 Å². The van der Waals surface area contributed by atoms with E-state index in [1.807, 2.05) is 18.4 Å². The standard InChI is InChI=1S/C11H17NO2/c1-8-6-11(14)7-9(2)12(8)5-4-10(3)13/h6-7,10,13H,4-5H2,1-3H3. The second kappa shape index (κ2) is 4.42. The van der Waals surface area contributed by atoms with Crippen molar-refractivity contribution in [2.24, 2.45) is 0 Å². The summed E-state index contributed by atoms with van der Waals surface area (Å²) in [7, 11) is 0. The summed E-state index contributed by atoms with van der Waals surface area (Å²) in [6, 6.07) is 3.24. The minimum Gasteiger partial charge on any atom is -0.393 e. The highest BCUT2D eigenvalue weighted by atomic mass is 16.3. The highest BCUT2D eigenvalue weighted by Crippen LogP contribution is 2.04. The van der Waals surface area contributed by atoms with Crippen molar-refractivity contribution in [3.05, 3.63) is 33.7 Å². The first kappa shape index (κ1) is 11.0. The molecular formula is C11H17NO2. The summed E-state index contributed by atoms with van der Waals surface area (Å²) >= 11 is 0. The van der Waals surface area contributed by atoms with Gasteiger partial charge in [-0.15, -0.1) is 0 Å². The van der Waals surface area contributed by atoms with E-state index in [0.717, 1.165) is 17.9 Å². The number of aromatic nitrogens is 1. The van der Waals surface area contributed by atoms with Gasteiger partial charge in [0, 0.05) is 30.1 Å². The highest BCUT2D eigenvalue weighted by molar-refractivity contribution is 5.12. The van der Waals surface area contributed by atoms with Crippen molar-refractivity contribution in [3.63, 3.8) is 0 Å². The Morgan fingerprint density at radius 3 is 2.29 bits per heavy atom. The number of pyridine rings is 1. The smallest absolute Gasteiger partial charge is 0.182 e. The van der Waals surface area contributed by atoms with Gasteiger partial charge in [-0.2, -0.15) is 0 Å². The monoisotopic (exact) mass is 195 g/mol. The summed E-state index contributed by atoms with van der Waals surface area (Å²) in [6.07, 6.45) is 0.415. The SMILES string of the molecule is Cc1cc(=O)cc(C)n1CCC(C)O. The fraction of sp³-hybridized carbons (Fsp3) is 0.545. The molecule has 1 rings (SSSR count). The highest BCUT2D eigenvalue weighted by Gasteiger charge is 2.02. The van der Waals surface area contributed by atoms with E-state index in [4.69, 9.17) is 0 Å². The Balaban J connectivity index is 2.91. The van der Waals surface area contributed by atoms with Crippen LogP contribution in [0.3, 0.4) is 0 Å². The first-order chi connectivity index (χ1) is 6.50. The minimum atomic E-state index is -0.298. The van der Waals surface area contributed by atoms with Gasteiger partial charge >= 0.3 is 0 Å². The lowest BCUT2D eigenvalue weighted by molar-refractivity contribution is 0.177. The van der Waals surface area contributed by atoms with Gasteiger partial charge in [-0.3, -0.25) is 4.79 Å². The van der Waals surface area contributed by atoms with Gasteiger partial charge < -0.3 is 9.67 Å². The Kier molecular flexibility index (Phi) is 3.47. The zero-order valence-corrected chi connectivity index (χ0v) is 8.95. The van der Waals surface area contributed by atoms with Gasteiger partial charge in [0.25, 0.3) is 0 Å². The third kappa shape index (κ3) is 2.70. The number of nitrogens with zero attached hydrogens (tertiary/aromatic N) is 1. The largest absolute Gasteiger partial charge is 0.393 e. The number of hydrogen-bond donors (Lipinski definition) is 1. The first-order valence-electron chi connectivity index (χ1n) is 4.87. The van der Waals surface area contributed by atoms with Gasteiger partial charge in [0.15, 0.2) is 5.43 Å². The number of aliphatic hydroxyl groups is 1. The molecule has 0 saturated heterocycles. The van der Waals surface area contributed by atoms with Gasteiger partial charge in [-0.25, -0.2) is 0 Å². The Morgan fingerprint density at radius 1 is 1.36 bits per heavy atom. The lowest BCUT2D eigenvalue weighted by Crippen LogP contribution is -2.15. The van der Waals surface area contributed by atoms with Gasteiger partial charge in [-0.1, -0.05) is 0 Å². The lowest BCUT2D eigenvalue weighted by Gasteiger charge is -2.14. The molecular weight excluding hydrogens is 178 g/mol. The maximum absolute atomic E-state index is 11.1. The van der Waals surface area contributed by atoms with Crippen molar-refractivity contribution in [1.29, 1.82) is 0 Å². The summed E-state index contributed by atoms with van der Waals surface area (Å²) in [4.78, 5) is 11.1. The van der Waals surface area contributed by atoms with E-state index in [-0.39, 0.29) is 11.5 Å². The topological polar surface area (TPSA) is 42.2 Å². The fourth-order valence-electron chi connectivity index (χ4n) is 1.56. The number of rotatable bonds is 3. The van der Waals surface area contributed by atoms with Crippen LogP contribution in [0.5, 0.6) is 0 Å². The fourth-order valence-corrected chi connectivity index (χ4v) is 1.56. The van der Waals surface area contributed by atoms with E-state index in [2.05, 4.69) is 0 Å². The molecule has 0 radical (unpaired) electrons. The second-order valence-corrected chi connectivity index (χ2v) is 3.76. The normalized spacial score (nSPS) is 12.9. The zero-order chi connectivity index (χ0) is 10.7. The molecule has 0 amide bonds. The summed E-state index contributed by atoms with van der Waals surface area (Å²) in [5.41, 5.74) is 1.96. The van der Waals surface area contributed by atoms with Gasteiger partial charge in [-0.05, 0) is 27.2 Å². The number of aryl methyl sites for hydroxylation is 2. The molecule has 0 fully saturated rings. The molecule has 3 heteroatoms. The molecule has 1 N–H and O–H groups in total. The van der Waals surface area contributed by atoms with Crippen LogP contribution in [0.15, 0.2) is 16.9 Å². The van der Waals surface area contributed by atoms with Crippen LogP contribution in [0.1, 0.15) is 24.7 Å². The maximum Gasteiger partial charge on any atom is 0.182 e. The first-order valence-corrected chi connectivity index (χ1v) is 4.87. The van der Waals surface area contributed by atoms with Gasteiger partial charge in [0.05, 0.1) is 6.10 Å². The lowest BCUT2D eigenvalue weighted by atomic mass is 10.2. The average molecular weight is 195 g/mol. The Morgan fingerprint density at radius 2 is 1.86 bits per heavy atom. The van der Waals surface area contributed by atoms with Crippen molar-refractivity contribution < 1.29 is 5.11 Å². The molecule has 0 aliphatic carbocycles. The Hall–Kier alpha value is -1.09. The summed E-state index contributed by atoms with van der Waals surface area (Å²) < 4.78 is 2.05. The van der Waals surface area contributed by atoms with E-state index in [0.29, 0.717) is 6.42 Å². The molecule has 1 atom stereocenters. The molecule has 78 valence electrons. The molecule has 0 spiro atoms. The predicted molar refractivity (Wildman–Crippen MR) is 56.5 cm³/mol. The van der Waals surface area contributed by atoms with E-state index in [1.165, 1.54) is 0 Å². The second-order valence-electron chi connectivity index (χ2n) is 3.76. The third-order valence-electron chi connectivity index (χ3n) is 2.32. The molecule has 14 heavy (non-hydrogen) atoms. The number of aliphatic hydroxyl groups excluding tert-OH is 1. The van der Waals surface area contributed by atoms with Crippen LogP contribution in [-0.4, -0.2) is 15.8 Å². The van der Waals surface area contributed by atoms with Crippen molar-refractivity contribution >= 4 is 0 Å². The molecule has 0 aliphatic heterocycles. The van der Waals surface area contributed by atoms with Crippen molar-refractivity contribution in [3.8, 4) is 0 Å². The van der Waals surface area contributed by atoms with E-state index in [9.17, 15) is 9.90 Å². The molecule has 0 saturated carbocycles. The van der Waals surface area contributed by atoms with Crippen LogP contribution >= 0.6 is 0 Å². The van der Waals surface area contributed by atoms with E-state index in [1.54, 1.807) is 19.1 Å². The van der Waals surface area contributed by atoms with Gasteiger partial charge in [0.1, 0.15) is 0 Å². The zero-order valence-electron chi connectivity index (χ0n) is 8.95. The summed E-state index contributed by atoms with van der Waals surface area (Å²) in [6.45, 7) is 6.36. The third-order valence-corrected chi connectivity index (χ3v) is 2.32. The van der Waals surface area contributed by atoms with Crippen LogP contribution in [0, 0.1) is 13.8 Å². The van der Waals surface area contributed by atoms with Crippen molar-refractivity contribution in [2.75, 3.05) is 0 Å². The van der Waals surface area contributed by atoms with Crippen LogP contribution in [0.25, 0.3) is 0 Å². The molecule has 0 aliphatic rings. The van der Waals surface area contributed by atoms with Gasteiger partial charge in [0.2, 0.25) is 0 Å².